The van der Waals surface area contributed by atoms with Crippen molar-refractivity contribution in [3.05, 3.63) is 30.1 Å². The number of aromatic amines is 1. The first-order chi connectivity index (χ1) is 10.7. The molecule has 3 heterocycles. The predicted molar refractivity (Wildman–Crippen MR) is 85.8 cm³/mol. The summed E-state index contributed by atoms with van der Waals surface area (Å²) in [5.74, 6) is 0.00493. The highest BCUT2D eigenvalue weighted by Gasteiger charge is 2.36. The molecular formula is C17H22N4O. The van der Waals surface area contributed by atoms with Gasteiger partial charge in [0.2, 0.25) is 0 Å². The Morgan fingerprint density at radius 2 is 2.09 bits per heavy atom. The van der Waals surface area contributed by atoms with Crippen LogP contribution in [0.25, 0.3) is 11.0 Å². The summed E-state index contributed by atoms with van der Waals surface area (Å²) in [6, 6.07) is 7.23. The molecule has 2 saturated heterocycles. The minimum absolute atomic E-state index is 0.00493. The van der Waals surface area contributed by atoms with Crippen molar-refractivity contribution in [2.24, 2.45) is 0 Å². The maximum atomic E-state index is 12.6. The molecular weight excluding hydrogens is 276 g/mol. The van der Waals surface area contributed by atoms with E-state index in [1.165, 1.54) is 19.3 Å². The van der Waals surface area contributed by atoms with Crippen LogP contribution in [0, 0.1) is 0 Å². The molecule has 1 unspecified atom stereocenters. The van der Waals surface area contributed by atoms with Gasteiger partial charge in [0.15, 0.2) is 0 Å². The van der Waals surface area contributed by atoms with Gasteiger partial charge in [0.25, 0.3) is 5.91 Å². The Balaban J connectivity index is 1.52. The van der Waals surface area contributed by atoms with E-state index in [0.717, 1.165) is 23.9 Å². The first kappa shape index (κ1) is 13.8. The first-order valence-corrected chi connectivity index (χ1v) is 8.17. The quantitative estimate of drug-likeness (QED) is 0.894. The minimum Gasteiger partial charge on any atom is -0.349 e. The van der Waals surface area contributed by atoms with Crippen LogP contribution in [0.15, 0.2) is 24.5 Å². The van der Waals surface area contributed by atoms with Gasteiger partial charge in [0.05, 0.1) is 17.4 Å². The van der Waals surface area contributed by atoms with Crippen molar-refractivity contribution in [1.82, 2.24) is 20.2 Å². The standard InChI is InChI=1S/C17H22N4O/c1-21-12-4-2-5-13(21)9-11(8-12)20-17(22)14-6-3-7-15-16(14)19-10-18-15/h3,6-7,10-13H,2,4-5,8-9H2,1H3,(H,18,19)(H,20,22)/t11?,12-,13+. The van der Waals surface area contributed by atoms with Gasteiger partial charge < -0.3 is 15.2 Å². The van der Waals surface area contributed by atoms with Crippen LogP contribution in [-0.4, -0.2) is 45.9 Å². The lowest BCUT2D eigenvalue weighted by Crippen LogP contribution is -2.55. The SMILES string of the molecule is CN1[C@@H]2CCC[C@H]1CC(NC(=O)c1cccc3[nH]cnc13)C2. The second kappa shape index (κ2) is 5.39. The van der Waals surface area contributed by atoms with Crippen molar-refractivity contribution in [3.8, 4) is 0 Å². The lowest BCUT2D eigenvalue weighted by atomic mass is 9.82. The Hall–Kier alpha value is -1.88. The number of hydrogen-bond acceptors (Lipinski definition) is 3. The predicted octanol–water partition coefficient (Wildman–Crippen LogP) is 2.31. The Bertz CT molecular complexity index is 681. The summed E-state index contributed by atoms with van der Waals surface area (Å²) in [5.41, 5.74) is 2.34. The maximum absolute atomic E-state index is 12.6. The molecule has 2 aromatic rings. The molecule has 5 heteroatoms. The van der Waals surface area contributed by atoms with E-state index in [-0.39, 0.29) is 11.9 Å². The average molecular weight is 298 g/mol. The summed E-state index contributed by atoms with van der Waals surface area (Å²) >= 11 is 0. The highest BCUT2D eigenvalue weighted by Crippen LogP contribution is 2.32. The topological polar surface area (TPSA) is 61.0 Å². The van der Waals surface area contributed by atoms with Crippen molar-refractivity contribution in [2.75, 3.05) is 7.05 Å². The van der Waals surface area contributed by atoms with Gasteiger partial charge >= 0.3 is 0 Å². The van der Waals surface area contributed by atoms with Crippen LogP contribution >= 0.6 is 0 Å². The molecule has 3 atom stereocenters. The van der Waals surface area contributed by atoms with Crippen LogP contribution in [0.2, 0.25) is 0 Å². The van der Waals surface area contributed by atoms with Crippen molar-refractivity contribution in [3.63, 3.8) is 0 Å². The molecule has 1 aromatic heterocycles. The van der Waals surface area contributed by atoms with Gasteiger partial charge in [-0.2, -0.15) is 0 Å². The fraction of sp³-hybridized carbons (Fsp3) is 0.529. The van der Waals surface area contributed by atoms with Gasteiger partial charge in [0.1, 0.15) is 5.52 Å². The number of aromatic nitrogens is 2. The number of carbonyl (C=O) groups excluding carboxylic acids is 1. The van der Waals surface area contributed by atoms with Gasteiger partial charge in [-0.1, -0.05) is 12.5 Å². The van der Waals surface area contributed by atoms with Crippen molar-refractivity contribution < 1.29 is 4.79 Å². The lowest BCUT2D eigenvalue weighted by Gasteiger charge is -2.47. The van der Waals surface area contributed by atoms with Crippen LogP contribution < -0.4 is 5.32 Å². The Morgan fingerprint density at radius 1 is 1.32 bits per heavy atom. The number of rotatable bonds is 2. The number of imidazole rings is 1. The molecule has 0 saturated carbocycles. The molecule has 22 heavy (non-hydrogen) atoms. The zero-order valence-electron chi connectivity index (χ0n) is 12.9. The van der Waals surface area contributed by atoms with Crippen LogP contribution in [-0.2, 0) is 0 Å². The maximum Gasteiger partial charge on any atom is 0.253 e. The largest absolute Gasteiger partial charge is 0.349 e. The van der Waals surface area contributed by atoms with Gasteiger partial charge in [-0.3, -0.25) is 4.79 Å². The highest BCUT2D eigenvalue weighted by molar-refractivity contribution is 6.04. The summed E-state index contributed by atoms with van der Waals surface area (Å²) in [6.07, 6.45) is 7.61. The summed E-state index contributed by atoms with van der Waals surface area (Å²) in [5, 5.41) is 3.25. The summed E-state index contributed by atoms with van der Waals surface area (Å²) < 4.78 is 0. The molecule has 5 nitrogen and oxygen atoms in total. The van der Waals surface area contributed by atoms with Crippen LogP contribution in [0.3, 0.4) is 0 Å². The summed E-state index contributed by atoms with van der Waals surface area (Å²) in [6.45, 7) is 0. The molecule has 4 rings (SSSR count). The number of fused-ring (bicyclic) bond motifs is 3. The molecule has 0 spiro atoms. The number of carbonyl (C=O) groups is 1. The van der Waals surface area contributed by atoms with Gasteiger partial charge in [-0.25, -0.2) is 4.98 Å². The van der Waals surface area contributed by atoms with E-state index in [1.54, 1.807) is 6.33 Å². The Kier molecular flexibility index (Phi) is 3.37. The fourth-order valence-electron chi connectivity index (χ4n) is 4.15. The van der Waals surface area contributed by atoms with Gasteiger partial charge in [-0.05, 0) is 44.9 Å². The number of benzene rings is 1. The third kappa shape index (κ3) is 2.29. The zero-order valence-corrected chi connectivity index (χ0v) is 12.9. The number of nitrogens with one attached hydrogen (secondary N) is 2. The summed E-state index contributed by atoms with van der Waals surface area (Å²) in [4.78, 5) is 22.5. The number of piperidine rings is 2. The van der Waals surface area contributed by atoms with E-state index in [9.17, 15) is 4.79 Å². The first-order valence-electron chi connectivity index (χ1n) is 8.17. The van der Waals surface area contributed by atoms with Gasteiger partial charge in [0, 0.05) is 18.1 Å². The third-order valence-electron chi connectivity index (χ3n) is 5.37. The summed E-state index contributed by atoms with van der Waals surface area (Å²) in [7, 11) is 2.23. The molecule has 2 aliphatic rings. The van der Waals surface area contributed by atoms with E-state index in [4.69, 9.17) is 0 Å². The molecule has 0 radical (unpaired) electrons. The van der Waals surface area contributed by atoms with Crippen LogP contribution in [0.5, 0.6) is 0 Å². The number of amides is 1. The number of nitrogens with zero attached hydrogens (tertiary/aromatic N) is 2. The second-order valence-corrected chi connectivity index (χ2v) is 6.65. The van der Waals surface area contributed by atoms with E-state index in [1.807, 2.05) is 18.2 Å². The fourth-order valence-corrected chi connectivity index (χ4v) is 4.15. The third-order valence-corrected chi connectivity index (χ3v) is 5.37. The number of para-hydroxylation sites is 1. The van der Waals surface area contributed by atoms with E-state index in [0.29, 0.717) is 17.6 Å². The average Bonchev–Trinajstić information content (AvgIpc) is 2.96. The van der Waals surface area contributed by atoms with E-state index >= 15 is 0 Å². The zero-order chi connectivity index (χ0) is 15.1. The molecule has 2 fully saturated rings. The van der Waals surface area contributed by atoms with E-state index < -0.39 is 0 Å². The molecule has 116 valence electrons. The highest BCUT2D eigenvalue weighted by atomic mass is 16.1. The molecule has 2 bridgehead atoms. The normalized spacial score (nSPS) is 28.7. The number of H-pyrrole nitrogens is 1. The smallest absolute Gasteiger partial charge is 0.253 e. The molecule has 0 aliphatic carbocycles. The Labute approximate surface area is 130 Å². The van der Waals surface area contributed by atoms with Crippen molar-refractivity contribution in [1.29, 1.82) is 0 Å². The van der Waals surface area contributed by atoms with Crippen LogP contribution in [0.1, 0.15) is 42.5 Å². The van der Waals surface area contributed by atoms with Gasteiger partial charge in [-0.15, -0.1) is 0 Å². The molecule has 2 aliphatic heterocycles. The minimum atomic E-state index is 0.00493. The van der Waals surface area contributed by atoms with Crippen molar-refractivity contribution in [2.45, 2.75) is 50.2 Å². The van der Waals surface area contributed by atoms with Crippen LogP contribution in [0.4, 0.5) is 0 Å². The molecule has 2 N–H and O–H groups in total. The second-order valence-electron chi connectivity index (χ2n) is 6.65. The number of hydrogen-bond donors (Lipinski definition) is 2. The monoisotopic (exact) mass is 298 g/mol. The lowest BCUT2D eigenvalue weighted by molar-refractivity contribution is 0.0463. The van der Waals surface area contributed by atoms with E-state index in [2.05, 4.69) is 27.2 Å². The molecule has 1 amide bonds. The Morgan fingerprint density at radius 3 is 2.86 bits per heavy atom. The molecule has 1 aromatic carbocycles. The van der Waals surface area contributed by atoms with Crippen molar-refractivity contribution >= 4 is 16.9 Å².